The molecule has 0 radical (unpaired) electrons. The van der Waals surface area contributed by atoms with Crippen molar-refractivity contribution in [2.24, 2.45) is 17.3 Å². The lowest BCUT2D eigenvalue weighted by Gasteiger charge is -2.33. The fraction of sp³-hybridized carbons (Fsp3) is 0.472. The van der Waals surface area contributed by atoms with Gasteiger partial charge in [-0.15, -0.1) is 0 Å². The number of hydrogen-bond donors (Lipinski definition) is 5. The lowest BCUT2D eigenvalue weighted by molar-refractivity contribution is -0.138. The normalized spacial score (nSPS) is 16.9. The molecule has 2 aliphatic rings. The van der Waals surface area contributed by atoms with Gasteiger partial charge in [0.15, 0.2) is 0 Å². The molecule has 288 valence electrons. The van der Waals surface area contributed by atoms with Gasteiger partial charge in [0.1, 0.15) is 0 Å². The molecule has 2 aliphatic heterocycles. The number of thiol groups is 1. The number of carbonyl (C=O) groups excluding carboxylic acids is 5. The minimum Gasteiger partial charge on any atom is -0.396 e. The summed E-state index contributed by atoms with van der Waals surface area (Å²) in [6.07, 6.45) is 0.138. The zero-order chi connectivity index (χ0) is 38.2. The largest absolute Gasteiger partial charge is 0.396 e. The summed E-state index contributed by atoms with van der Waals surface area (Å²) in [6.45, 7) is 3.43. The molecule has 17 heteroatoms. The summed E-state index contributed by atoms with van der Waals surface area (Å²) in [5.74, 6) is 4.86. The Morgan fingerprint density at radius 1 is 0.830 bits per heavy atom. The van der Waals surface area contributed by atoms with Gasteiger partial charge in [0, 0.05) is 49.9 Å². The van der Waals surface area contributed by atoms with Gasteiger partial charge in [-0.3, -0.25) is 28.9 Å². The number of hydrazine groups is 1. The second kappa shape index (κ2) is 21.2. The van der Waals surface area contributed by atoms with Crippen LogP contribution in [0.1, 0.15) is 42.4 Å². The minimum atomic E-state index is -0.675. The molecular formula is C36H49N7O9S. The number of nitrogens with zero attached hydrogens (tertiary/aromatic N) is 3. The number of para-hydroxylation sites is 1. The van der Waals surface area contributed by atoms with Gasteiger partial charge in [0.25, 0.3) is 0 Å². The van der Waals surface area contributed by atoms with Gasteiger partial charge in [-0.25, -0.2) is 5.84 Å². The summed E-state index contributed by atoms with van der Waals surface area (Å²) < 4.78 is 22.0. The molecule has 1 fully saturated rings. The number of amides is 5. The van der Waals surface area contributed by atoms with Crippen LogP contribution in [0, 0.1) is 0 Å². The third kappa shape index (κ3) is 12.3. The molecule has 7 N–H and O–H groups in total. The Morgan fingerprint density at radius 3 is 2.08 bits per heavy atom. The summed E-state index contributed by atoms with van der Waals surface area (Å²) >= 11 is 4.10. The van der Waals surface area contributed by atoms with Gasteiger partial charge in [-0.2, -0.15) is 12.6 Å². The Morgan fingerprint density at radius 2 is 1.43 bits per heavy atom. The molecule has 0 aliphatic carbocycles. The SMILES string of the molecule is NC(=O)CCOCCOCCOCCOCCN(N)/C1=C(\N)c2ccccc2N(C(=O)CCNC(=O)CCN2C(=O)CC(S)C2=O)Cc2ccccc21. The Kier molecular flexibility index (Phi) is 16.5. The molecule has 1 saturated heterocycles. The van der Waals surface area contributed by atoms with Crippen LogP contribution in [0.15, 0.2) is 48.5 Å². The van der Waals surface area contributed by atoms with Crippen LogP contribution in [0.25, 0.3) is 11.4 Å². The number of hydrogen-bond acceptors (Lipinski definition) is 13. The van der Waals surface area contributed by atoms with Crippen LogP contribution in [0.3, 0.4) is 0 Å². The van der Waals surface area contributed by atoms with E-state index in [9.17, 15) is 24.0 Å². The third-order valence-electron chi connectivity index (χ3n) is 8.46. The van der Waals surface area contributed by atoms with Crippen molar-refractivity contribution in [2.45, 2.75) is 37.5 Å². The fourth-order valence-corrected chi connectivity index (χ4v) is 6.04. The van der Waals surface area contributed by atoms with Crippen LogP contribution in [0.5, 0.6) is 0 Å². The maximum atomic E-state index is 13.7. The predicted octanol–water partition coefficient (Wildman–Crippen LogP) is 0.389. The van der Waals surface area contributed by atoms with Gasteiger partial charge >= 0.3 is 0 Å². The van der Waals surface area contributed by atoms with E-state index in [1.165, 1.54) is 0 Å². The van der Waals surface area contributed by atoms with E-state index < -0.39 is 17.1 Å². The molecule has 1 atom stereocenters. The van der Waals surface area contributed by atoms with Crippen LogP contribution in [-0.4, -0.2) is 117 Å². The first kappa shape index (κ1) is 41.2. The molecule has 2 heterocycles. The summed E-state index contributed by atoms with van der Waals surface area (Å²) in [5.41, 5.74) is 15.7. The molecule has 5 amide bonds. The second-order valence-corrected chi connectivity index (χ2v) is 12.9. The topological polar surface area (TPSA) is 222 Å². The van der Waals surface area contributed by atoms with Crippen LogP contribution in [0.4, 0.5) is 5.69 Å². The van der Waals surface area contributed by atoms with Crippen LogP contribution in [-0.2, 0) is 49.5 Å². The highest BCUT2D eigenvalue weighted by molar-refractivity contribution is 7.81. The molecule has 53 heavy (non-hydrogen) atoms. The lowest BCUT2D eigenvalue weighted by atomic mass is 9.95. The number of ether oxygens (including phenoxy) is 4. The molecule has 0 aromatic heterocycles. The number of imide groups is 1. The van der Waals surface area contributed by atoms with Gasteiger partial charge in [-0.05, 0) is 11.6 Å². The zero-order valence-corrected chi connectivity index (χ0v) is 30.6. The maximum Gasteiger partial charge on any atom is 0.242 e. The first-order valence-corrected chi connectivity index (χ1v) is 18.0. The number of anilines is 1. The van der Waals surface area contributed by atoms with E-state index in [0.29, 0.717) is 75.4 Å². The molecule has 0 bridgehead atoms. The monoisotopic (exact) mass is 755 g/mol. The molecule has 16 nitrogen and oxygen atoms in total. The average Bonchev–Trinajstić information content (AvgIpc) is 3.38. The number of nitrogens with two attached hydrogens (primary N) is 3. The van der Waals surface area contributed by atoms with Crippen LogP contribution < -0.4 is 27.5 Å². The van der Waals surface area contributed by atoms with E-state index in [0.717, 1.165) is 16.0 Å². The summed E-state index contributed by atoms with van der Waals surface area (Å²) in [6, 6.07) is 14.9. The number of rotatable bonds is 22. The van der Waals surface area contributed by atoms with E-state index in [1.54, 1.807) is 9.91 Å². The second-order valence-electron chi connectivity index (χ2n) is 12.2. The molecule has 2 aromatic carbocycles. The number of nitrogens with one attached hydrogen (secondary N) is 1. The Hall–Kier alpha value is -4.52. The van der Waals surface area contributed by atoms with Gasteiger partial charge < -0.3 is 45.6 Å². The van der Waals surface area contributed by atoms with Crippen molar-refractivity contribution in [1.29, 1.82) is 0 Å². The quantitative estimate of drug-likeness (QED) is 0.0362. The van der Waals surface area contributed by atoms with Crippen molar-refractivity contribution >= 4 is 59.2 Å². The number of benzene rings is 2. The zero-order valence-electron chi connectivity index (χ0n) is 29.7. The van der Waals surface area contributed by atoms with Gasteiger partial charge in [0.05, 0.1) is 88.3 Å². The van der Waals surface area contributed by atoms with Crippen LogP contribution >= 0.6 is 12.6 Å². The van der Waals surface area contributed by atoms with Crippen molar-refractivity contribution in [3.8, 4) is 0 Å². The standard InChI is InChI=1S/C36H49N7O9S/c37-30(44)11-15-49-17-19-51-21-22-52-20-18-50-16-14-43(39)35-26-6-2-1-5-25(26)24-42(28-8-4-3-7-27(28)34(35)38)32(46)9-12-40-31(45)10-13-41-33(47)23-29(53)36(41)48/h1-8,29,53H,9-24,38-39H2,(H2,37,44)(H,40,45)/b35-34-. The van der Waals surface area contributed by atoms with Gasteiger partial charge in [0.2, 0.25) is 29.5 Å². The Labute approximate surface area is 314 Å². The number of likely N-dealkylation sites (tertiary alicyclic amines) is 1. The highest BCUT2D eigenvalue weighted by atomic mass is 32.1. The Balaban J connectivity index is 1.28. The van der Waals surface area contributed by atoms with Gasteiger partial charge in [-0.1, -0.05) is 42.5 Å². The summed E-state index contributed by atoms with van der Waals surface area (Å²) in [7, 11) is 0. The molecule has 0 spiro atoms. The summed E-state index contributed by atoms with van der Waals surface area (Å²) in [4.78, 5) is 63.7. The molecule has 4 rings (SSSR count). The molecule has 1 unspecified atom stereocenters. The van der Waals surface area contributed by atoms with E-state index >= 15 is 0 Å². The molecule has 2 aromatic rings. The van der Waals surface area contributed by atoms with E-state index in [2.05, 4.69) is 17.9 Å². The van der Waals surface area contributed by atoms with Crippen molar-refractivity contribution in [3.63, 3.8) is 0 Å². The number of primary amides is 1. The van der Waals surface area contributed by atoms with Crippen molar-refractivity contribution in [1.82, 2.24) is 15.2 Å². The van der Waals surface area contributed by atoms with Crippen molar-refractivity contribution < 1.29 is 42.9 Å². The lowest BCUT2D eigenvalue weighted by Crippen LogP contribution is -2.39. The first-order chi connectivity index (χ1) is 25.6. The third-order valence-corrected chi connectivity index (χ3v) is 8.86. The maximum absolute atomic E-state index is 13.7. The minimum absolute atomic E-state index is 0.00470. The number of carbonyl (C=O) groups is 5. The highest BCUT2D eigenvalue weighted by Gasteiger charge is 2.36. The highest BCUT2D eigenvalue weighted by Crippen LogP contribution is 2.36. The first-order valence-electron chi connectivity index (χ1n) is 17.5. The van der Waals surface area contributed by atoms with E-state index in [1.807, 2.05) is 48.5 Å². The summed E-state index contributed by atoms with van der Waals surface area (Å²) in [5, 5.41) is 3.60. The average molecular weight is 756 g/mol. The predicted molar refractivity (Wildman–Crippen MR) is 199 cm³/mol. The molecular weight excluding hydrogens is 707 g/mol. The smallest absolute Gasteiger partial charge is 0.242 e. The van der Waals surface area contributed by atoms with Crippen molar-refractivity contribution in [3.05, 3.63) is 65.2 Å². The number of fused-ring (bicyclic) bond motifs is 2. The molecule has 0 saturated carbocycles. The van der Waals surface area contributed by atoms with Crippen molar-refractivity contribution in [2.75, 3.05) is 77.4 Å². The Bertz CT molecular complexity index is 1630. The fourth-order valence-electron chi connectivity index (χ4n) is 5.74. The van der Waals surface area contributed by atoms with E-state index in [-0.39, 0.29) is 69.6 Å². The van der Waals surface area contributed by atoms with Crippen LogP contribution in [0.2, 0.25) is 0 Å². The van der Waals surface area contributed by atoms with E-state index in [4.69, 9.17) is 36.3 Å².